The molecule has 110 valence electrons. The van der Waals surface area contributed by atoms with Crippen LogP contribution in [-0.2, 0) is 15.2 Å². The Balaban J connectivity index is 2.36. The van der Waals surface area contributed by atoms with Crippen molar-refractivity contribution < 1.29 is 19.1 Å². The van der Waals surface area contributed by atoms with Gasteiger partial charge < -0.3 is 9.47 Å². The topological polar surface area (TPSA) is 52.6 Å². The third-order valence-corrected chi connectivity index (χ3v) is 4.96. The van der Waals surface area contributed by atoms with E-state index in [1.165, 1.54) is 7.11 Å². The summed E-state index contributed by atoms with van der Waals surface area (Å²) >= 11 is 3.27. The molecule has 0 aliphatic carbocycles. The van der Waals surface area contributed by atoms with Crippen molar-refractivity contribution in [3.63, 3.8) is 0 Å². The van der Waals surface area contributed by atoms with Crippen molar-refractivity contribution in [1.29, 1.82) is 0 Å². The molecule has 0 spiro atoms. The van der Waals surface area contributed by atoms with E-state index in [1.807, 2.05) is 25.1 Å². The van der Waals surface area contributed by atoms with Gasteiger partial charge in [-0.1, -0.05) is 18.2 Å². The summed E-state index contributed by atoms with van der Waals surface area (Å²) in [6.45, 7) is 3.86. The van der Waals surface area contributed by atoms with Crippen LogP contribution in [0.15, 0.2) is 24.3 Å². The summed E-state index contributed by atoms with van der Waals surface area (Å²) in [5.41, 5.74) is 1.53. The Bertz CT molecular complexity index is 451. The third kappa shape index (κ3) is 6.34. The highest BCUT2D eigenvalue weighted by Crippen LogP contribution is 2.30. The number of benzene rings is 1. The van der Waals surface area contributed by atoms with Crippen LogP contribution < -0.4 is 0 Å². The Morgan fingerprint density at radius 2 is 2.15 bits per heavy atom. The molecule has 0 fully saturated rings. The zero-order valence-electron chi connectivity index (χ0n) is 11.7. The summed E-state index contributed by atoms with van der Waals surface area (Å²) in [7, 11) is 1.29. The minimum absolute atomic E-state index is 0.258. The maximum Gasteiger partial charge on any atom is 0.509 e. The van der Waals surface area contributed by atoms with Crippen LogP contribution in [-0.4, -0.2) is 29.6 Å². The van der Waals surface area contributed by atoms with E-state index in [1.54, 1.807) is 29.6 Å². The molecule has 4 nitrogen and oxygen atoms in total. The fraction of sp³-hybridized carbons (Fsp3) is 0.429. The smallest absolute Gasteiger partial charge is 0.438 e. The quantitative estimate of drug-likeness (QED) is 0.432. The van der Waals surface area contributed by atoms with Crippen LogP contribution in [0.5, 0.6) is 0 Å². The number of ether oxygens (including phenoxy) is 2. The second kappa shape index (κ2) is 8.92. The monoisotopic (exact) mass is 314 g/mol. The van der Waals surface area contributed by atoms with E-state index in [0.717, 1.165) is 17.6 Å². The Labute approximate surface area is 127 Å². The highest BCUT2D eigenvalue weighted by molar-refractivity contribution is 8.16. The molecule has 0 saturated carbocycles. The second-order valence-electron chi connectivity index (χ2n) is 4.02. The predicted octanol–water partition coefficient (Wildman–Crippen LogP) is 3.94. The van der Waals surface area contributed by atoms with Crippen LogP contribution in [0, 0.1) is 0 Å². The van der Waals surface area contributed by atoms with E-state index >= 15 is 0 Å². The first kappa shape index (κ1) is 16.9. The van der Waals surface area contributed by atoms with Gasteiger partial charge in [-0.05, 0) is 25.5 Å². The van der Waals surface area contributed by atoms with E-state index in [-0.39, 0.29) is 10.0 Å². The molecule has 0 bridgehead atoms. The largest absolute Gasteiger partial charge is 0.509 e. The van der Waals surface area contributed by atoms with Gasteiger partial charge in [-0.3, -0.25) is 4.79 Å². The fourth-order valence-electron chi connectivity index (χ4n) is 1.49. The number of thioether (sulfide) groups is 2. The van der Waals surface area contributed by atoms with Crippen molar-refractivity contribution in [3.8, 4) is 0 Å². The highest BCUT2D eigenvalue weighted by atomic mass is 32.2. The van der Waals surface area contributed by atoms with Gasteiger partial charge in [-0.25, -0.2) is 4.79 Å². The summed E-state index contributed by atoms with van der Waals surface area (Å²) in [6.07, 6.45) is 0.180. The highest BCUT2D eigenvalue weighted by Gasteiger charge is 2.14. The molecule has 2 unspecified atom stereocenters. The number of methoxy groups -OCH3 is 1. The zero-order chi connectivity index (χ0) is 15.0. The van der Waals surface area contributed by atoms with E-state index < -0.39 is 6.16 Å². The average Bonchev–Trinajstić information content (AvgIpc) is 2.45. The third-order valence-electron chi connectivity index (χ3n) is 2.38. The SMILES string of the molecule is COC(=O)OC(C)SC(C)SCc1cccc(C=O)c1. The summed E-state index contributed by atoms with van der Waals surface area (Å²) in [6, 6.07) is 7.53. The molecule has 1 rings (SSSR count). The summed E-state index contributed by atoms with van der Waals surface area (Å²) < 4.78 is 9.70. The number of hydrogen-bond donors (Lipinski definition) is 0. The summed E-state index contributed by atoms with van der Waals surface area (Å²) in [5, 5.41) is 0. The van der Waals surface area contributed by atoms with Gasteiger partial charge in [0, 0.05) is 11.3 Å². The number of carbonyl (C=O) groups excluding carboxylic acids is 2. The molecule has 2 atom stereocenters. The lowest BCUT2D eigenvalue weighted by Crippen LogP contribution is -2.13. The molecule has 0 aliphatic rings. The number of carbonyl (C=O) groups is 2. The lowest BCUT2D eigenvalue weighted by atomic mass is 10.2. The molecule has 0 saturated heterocycles. The first-order valence-electron chi connectivity index (χ1n) is 6.11. The van der Waals surface area contributed by atoms with Crippen LogP contribution in [0.2, 0.25) is 0 Å². The Morgan fingerprint density at radius 1 is 1.40 bits per heavy atom. The molecule has 6 heteroatoms. The van der Waals surface area contributed by atoms with Crippen molar-refractivity contribution >= 4 is 36.0 Å². The van der Waals surface area contributed by atoms with Gasteiger partial charge in [0.1, 0.15) is 11.7 Å². The Kier molecular flexibility index (Phi) is 7.54. The molecule has 0 aliphatic heterocycles. The maximum absolute atomic E-state index is 11.0. The lowest BCUT2D eigenvalue weighted by molar-refractivity contribution is 0.0684. The van der Waals surface area contributed by atoms with Gasteiger partial charge in [-0.2, -0.15) is 0 Å². The summed E-state index contributed by atoms with van der Waals surface area (Å²) in [5.74, 6) is 0.806. The van der Waals surface area contributed by atoms with Crippen molar-refractivity contribution in [3.05, 3.63) is 35.4 Å². The van der Waals surface area contributed by atoms with Crippen molar-refractivity contribution in [1.82, 2.24) is 0 Å². The average molecular weight is 314 g/mol. The molecule has 1 aromatic rings. The Morgan fingerprint density at radius 3 is 2.80 bits per heavy atom. The lowest BCUT2D eigenvalue weighted by Gasteiger charge is -2.16. The molecule has 0 heterocycles. The number of rotatable bonds is 7. The molecule has 0 radical (unpaired) electrons. The minimum atomic E-state index is -0.666. The van der Waals surface area contributed by atoms with Gasteiger partial charge in [0.25, 0.3) is 0 Å². The van der Waals surface area contributed by atoms with Crippen LogP contribution in [0.4, 0.5) is 4.79 Å². The maximum atomic E-state index is 11.0. The van der Waals surface area contributed by atoms with Crippen molar-refractivity contribution in [2.45, 2.75) is 29.6 Å². The van der Waals surface area contributed by atoms with E-state index in [9.17, 15) is 9.59 Å². The van der Waals surface area contributed by atoms with E-state index in [4.69, 9.17) is 4.74 Å². The van der Waals surface area contributed by atoms with Gasteiger partial charge in [0.2, 0.25) is 0 Å². The van der Waals surface area contributed by atoms with Gasteiger partial charge >= 0.3 is 6.16 Å². The van der Waals surface area contributed by atoms with Gasteiger partial charge in [0.15, 0.2) is 0 Å². The second-order valence-corrected chi connectivity index (χ2v) is 7.29. The van der Waals surface area contributed by atoms with Crippen LogP contribution in [0.25, 0.3) is 0 Å². The van der Waals surface area contributed by atoms with Crippen molar-refractivity contribution in [2.24, 2.45) is 0 Å². The van der Waals surface area contributed by atoms with E-state index in [0.29, 0.717) is 5.56 Å². The number of hydrogen-bond acceptors (Lipinski definition) is 6. The van der Waals surface area contributed by atoms with Crippen LogP contribution in [0.3, 0.4) is 0 Å². The molecule has 0 N–H and O–H groups in total. The first-order valence-corrected chi connectivity index (χ1v) is 8.10. The molecule has 0 aromatic heterocycles. The fourth-order valence-corrected chi connectivity index (χ4v) is 3.76. The molecular formula is C14H18O4S2. The van der Waals surface area contributed by atoms with Gasteiger partial charge in [-0.15, -0.1) is 23.5 Å². The predicted molar refractivity (Wildman–Crippen MR) is 83.1 cm³/mol. The van der Waals surface area contributed by atoms with Crippen LogP contribution >= 0.6 is 23.5 Å². The number of aldehydes is 1. The van der Waals surface area contributed by atoms with Crippen LogP contribution in [0.1, 0.15) is 29.8 Å². The molecule has 20 heavy (non-hydrogen) atoms. The zero-order valence-corrected chi connectivity index (χ0v) is 13.3. The first-order chi connectivity index (χ1) is 9.55. The minimum Gasteiger partial charge on any atom is -0.438 e. The summed E-state index contributed by atoms with van der Waals surface area (Å²) in [4.78, 5) is 21.7. The normalized spacial score (nSPS) is 13.3. The molecular weight excluding hydrogens is 296 g/mol. The van der Waals surface area contributed by atoms with E-state index in [2.05, 4.69) is 11.7 Å². The van der Waals surface area contributed by atoms with Crippen molar-refractivity contribution in [2.75, 3.05) is 7.11 Å². The Hall–Kier alpha value is -1.14. The molecule has 0 amide bonds. The van der Waals surface area contributed by atoms with Gasteiger partial charge in [0.05, 0.1) is 11.7 Å². The standard InChI is InChI=1S/C14H18O4S2/c1-10(18-14(16)17-3)20-11(2)19-9-13-6-4-5-12(7-13)8-15/h4-8,10-11H,9H2,1-3H3. The molecule has 1 aromatic carbocycles.